The third-order valence-electron chi connectivity index (χ3n) is 4.78. The quantitative estimate of drug-likeness (QED) is 0.360. The lowest BCUT2D eigenvalue weighted by atomic mass is 10.2. The second-order valence-electron chi connectivity index (χ2n) is 7.48. The van der Waals surface area contributed by atoms with E-state index in [4.69, 9.17) is 34.8 Å². The molecule has 8 nitrogen and oxygen atoms in total. The molecule has 0 heterocycles. The second kappa shape index (κ2) is 10.6. The molecule has 1 amide bonds. The highest BCUT2D eigenvalue weighted by molar-refractivity contribution is 7.92. The number of rotatable bonds is 8. The summed E-state index contributed by atoms with van der Waals surface area (Å²) >= 11 is 18.0. The van der Waals surface area contributed by atoms with E-state index in [9.17, 15) is 21.6 Å². The van der Waals surface area contributed by atoms with Gasteiger partial charge in [-0.15, -0.1) is 0 Å². The van der Waals surface area contributed by atoms with Crippen molar-refractivity contribution in [2.45, 2.75) is 11.8 Å². The van der Waals surface area contributed by atoms with Crippen molar-refractivity contribution in [2.75, 3.05) is 27.1 Å². The zero-order valence-corrected chi connectivity index (χ0v) is 22.3. The molecule has 0 unspecified atom stereocenters. The van der Waals surface area contributed by atoms with Crippen molar-refractivity contribution in [3.63, 3.8) is 0 Å². The van der Waals surface area contributed by atoms with Crippen molar-refractivity contribution in [2.24, 2.45) is 0 Å². The highest BCUT2D eigenvalue weighted by Gasteiger charge is 2.24. The number of benzene rings is 3. The molecule has 0 atom stereocenters. The minimum absolute atomic E-state index is 0.00617. The normalized spacial score (nSPS) is 11.7. The fraction of sp³-hybridized carbons (Fsp3) is 0.136. The zero-order valence-electron chi connectivity index (χ0n) is 18.4. The molecule has 0 radical (unpaired) electrons. The van der Waals surface area contributed by atoms with E-state index in [1.54, 1.807) is 31.2 Å². The molecule has 2 N–H and O–H groups in total. The van der Waals surface area contributed by atoms with Crippen LogP contribution in [0.15, 0.2) is 65.6 Å². The van der Waals surface area contributed by atoms with Crippen LogP contribution in [-0.4, -0.2) is 35.5 Å². The molecule has 186 valence electrons. The molecule has 0 aliphatic carbocycles. The fourth-order valence-electron chi connectivity index (χ4n) is 3.02. The number of para-hydroxylation sites is 1. The monoisotopic (exact) mass is 575 g/mol. The summed E-state index contributed by atoms with van der Waals surface area (Å²) in [6.45, 7) is 1.17. The molecule has 3 aromatic rings. The van der Waals surface area contributed by atoms with Crippen molar-refractivity contribution in [3.05, 3.63) is 81.3 Å². The number of hydrogen-bond donors (Lipinski definition) is 2. The van der Waals surface area contributed by atoms with E-state index in [0.29, 0.717) is 5.69 Å². The Bertz CT molecular complexity index is 1480. The molecule has 3 rings (SSSR count). The van der Waals surface area contributed by atoms with Crippen LogP contribution in [0.5, 0.6) is 0 Å². The molecule has 0 saturated carbocycles. The number of nitrogens with one attached hydrogen (secondary N) is 2. The molecule has 0 spiro atoms. The fourth-order valence-corrected chi connectivity index (χ4v) is 5.71. The first-order valence-corrected chi connectivity index (χ1v) is 14.3. The van der Waals surface area contributed by atoms with E-state index < -0.39 is 32.5 Å². The molecule has 13 heteroatoms. The van der Waals surface area contributed by atoms with Gasteiger partial charge in [-0.2, -0.15) is 0 Å². The van der Waals surface area contributed by atoms with Gasteiger partial charge in [0.1, 0.15) is 6.54 Å². The molecule has 0 aliphatic rings. The van der Waals surface area contributed by atoms with Gasteiger partial charge in [0.25, 0.3) is 10.0 Å². The van der Waals surface area contributed by atoms with E-state index in [1.165, 1.54) is 36.4 Å². The van der Waals surface area contributed by atoms with Gasteiger partial charge >= 0.3 is 0 Å². The highest BCUT2D eigenvalue weighted by Crippen LogP contribution is 2.35. The molecular formula is C22H20Cl3N3O5S2. The maximum absolute atomic E-state index is 12.7. The minimum atomic E-state index is -3.92. The van der Waals surface area contributed by atoms with Crippen LogP contribution in [0.2, 0.25) is 15.1 Å². The van der Waals surface area contributed by atoms with Crippen LogP contribution in [0, 0.1) is 6.92 Å². The number of aryl methyl sites for hydroxylation is 1. The van der Waals surface area contributed by atoms with E-state index in [2.05, 4.69) is 10.0 Å². The Morgan fingerprint density at radius 1 is 0.886 bits per heavy atom. The van der Waals surface area contributed by atoms with E-state index in [1.807, 2.05) is 0 Å². The van der Waals surface area contributed by atoms with Crippen molar-refractivity contribution in [3.8, 4) is 0 Å². The van der Waals surface area contributed by atoms with Crippen LogP contribution >= 0.6 is 34.8 Å². The third kappa shape index (κ3) is 6.80. The van der Waals surface area contributed by atoms with Crippen LogP contribution in [0.4, 0.5) is 17.1 Å². The Hall–Kier alpha value is -2.50. The van der Waals surface area contributed by atoms with Gasteiger partial charge in [0.15, 0.2) is 0 Å². The Morgan fingerprint density at radius 2 is 1.49 bits per heavy atom. The maximum Gasteiger partial charge on any atom is 0.261 e. The number of hydrogen-bond acceptors (Lipinski definition) is 5. The number of carbonyl (C=O) groups is 1. The minimum Gasteiger partial charge on any atom is -0.325 e. The van der Waals surface area contributed by atoms with E-state index >= 15 is 0 Å². The number of sulfonamides is 2. The van der Waals surface area contributed by atoms with Crippen LogP contribution in [0.3, 0.4) is 0 Å². The number of halogens is 3. The smallest absolute Gasteiger partial charge is 0.261 e. The van der Waals surface area contributed by atoms with Gasteiger partial charge in [-0.05, 0) is 55.0 Å². The first-order valence-electron chi connectivity index (χ1n) is 9.88. The van der Waals surface area contributed by atoms with Gasteiger partial charge in [0.05, 0.1) is 37.6 Å². The molecule has 35 heavy (non-hydrogen) atoms. The average molecular weight is 577 g/mol. The largest absolute Gasteiger partial charge is 0.325 e. The van der Waals surface area contributed by atoms with Crippen LogP contribution in [-0.2, 0) is 24.8 Å². The van der Waals surface area contributed by atoms with Gasteiger partial charge in [0, 0.05) is 5.69 Å². The topological polar surface area (TPSA) is 113 Å². The first kappa shape index (κ1) is 27.1. The van der Waals surface area contributed by atoms with Gasteiger partial charge in [-0.3, -0.25) is 13.8 Å². The van der Waals surface area contributed by atoms with Gasteiger partial charge in [0.2, 0.25) is 15.9 Å². The summed E-state index contributed by atoms with van der Waals surface area (Å²) in [5, 5.41) is 2.72. The number of amides is 1. The lowest BCUT2D eigenvalue weighted by molar-refractivity contribution is -0.114. The van der Waals surface area contributed by atoms with Gasteiger partial charge in [-0.1, -0.05) is 53.0 Å². The summed E-state index contributed by atoms with van der Waals surface area (Å²) in [6.07, 6.45) is 0.917. The zero-order chi connectivity index (χ0) is 26.0. The summed E-state index contributed by atoms with van der Waals surface area (Å²) in [5.74, 6) is -0.689. The molecule has 0 aromatic heterocycles. The van der Waals surface area contributed by atoms with Crippen LogP contribution in [0.1, 0.15) is 5.56 Å². The average Bonchev–Trinajstić information content (AvgIpc) is 2.76. The SMILES string of the molecule is Cc1ccccc1NS(=O)(=O)c1ccc(NC(=O)CN(c2cc(Cl)c(Cl)cc2Cl)S(C)(=O)=O)cc1. The lowest BCUT2D eigenvalue weighted by Gasteiger charge is -2.23. The standard InChI is InChI=1S/C22H20Cl3N3O5S2/c1-14-5-3-4-6-20(14)27-35(32,33)16-9-7-15(8-10-16)26-22(29)13-28(34(2,30)31)21-12-18(24)17(23)11-19(21)25/h3-12,27H,13H2,1-2H3,(H,26,29). The van der Waals surface area contributed by atoms with Crippen molar-refractivity contribution >= 4 is 77.8 Å². The third-order valence-corrected chi connectivity index (χ3v) is 8.32. The number of nitrogens with zero attached hydrogens (tertiary/aromatic N) is 1. The molecule has 0 aliphatic heterocycles. The number of anilines is 3. The van der Waals surface area contributed by atoms with Crippen molar-refractivity contribution in [1.82, 2.24) is 0 Å². The maximum atomic E-state index is 12.7. The predicted octanol–water partition coefficient (Wildman–Crippen LogP) is 5.16. The van der Waals surface area contributed by atoms with E-state index in [0.717, 1.165) is 16.1 Å². The molecule has 0 saturated heterocycles. The van der Waals surface area contributed by atoms with Crippen molar-refractivity contribution < 1.29 is 21.6 Å². The Labute approximate surface area is 218 Å². The van der Waals surface area contributed by atoms with Crippen LogP contribution < -0.4 is 14.3 Å². The Balaban J connectivity index is 1.76. The number of carbonyl (C=O) groups excluding carboxylic acids is 1. The van der Waals surface area contributed by atoms with Crippen molar-refractivity contribution in [1.29, 1.82) is 0 Å². The van der Waals surface area contributed by atoms with E-state index in [-0.39, 0.29) is 31.3 Å². The molecule has 3 aromatic carbocycles. The molecular weight excluding hydrogens is 557 g/mol. The van der Waals surface area contributed by atoms with Gasteiger partial charge < -0.3 is 5.32 Å². The summed E-state index contributed by atoms with van der Waals surface area (Å²) in [7, 11) is -7.77. The summed E-state index contributed by atoms with van der Waals surface area (Å²) in [5.41, 5.74) is 1.46. The summed E-state index contributed by atoms with van der Waals surface area (Å²) in [6, 6.07) is 14.9. The molecule has 0 fully saturated rings. The highest BCUT2D eigenvalue weighted by atomic mass is 35.5. The van der Waals surface area contributed by atoms with Crippen LogP contribution in [0.25, 0.3) is 0 Å². The summed E-state index contributed by atoms with van der Waals surface area (Å²) in [4.78, 5) is 12.6. The summed E-state index contributed by atoms with van der Waals surface area (Å²) < 4.78 is 53.3. The lowest BCUT2D eigenvalue weighted by Crippen LogP contribution is -2.37. The van der Waals surface area contributed by atoms with Gasteiger partial charge in [-0.25, -0.2) is 16.8 Å². The predicted molar refractivity (Wildman–Crippen MR) is 141 cm³/mol. The second-order valence-corrected chi connectivity index (χ2v) is 12.3. The Morgan fingerprint density at radius 3 is 2.09 bits per heavy atom. The first-order chi connectivity index (χ1) is 16.3. The Kier molecular flexibility index (Phi) is 8.23. The molecule has 0 bridgehead atoms.